The molecule has 1 nitrogen and oxygen atoms in total. The summed E-state index contributed by atoms with van der Waals surface area (Å²) >= 11 is 0. The Morgan fingerprint density at radius 1 is 1.14 bits per heavy atom. The van der Waals surface area contributed by atoms with Gasteiger partial charge in [-0.05, 0) is 79.0 Å². The average molecular weight is 368 g/mol. The fourth-order valence-electron chi connectivity index (χ4n) is 4.83. The molecule has 2 aromatic carbocycles. The third-order valence-corrected chi connectivity index (χ3v) is 6.22. The molecule has 1 atom stereocenters. The van der Waals surface area contributed by atoms with E-state index in [4.69, 9.17) is 0 Å². The van der Waals surface area contributed by atoms with Crippen LogP contribution in [-0.4, -0.2) is 5.71 Å². The number of aliphatic imine (C=N–C) groups is 1. The van der Waals surface area contributed by atoms with Crippen molar-refractivity contribution in [3.8, 4) is 0 Å². The average Bonchev–Trinajstić information content (AvgIpc) is 3.26. The van der Waals surface area contributed by atoms with E-state index in [1.54, 1.807) is 17.3 Å². The Bertz CT molecular complexity index is 973. The summed E-state index contributed by atoms with van der Waals surface area (Å²) in [5.41, 5.74) is 11.6. The van der Waals surface area contributed by atoms with Crippen molar-refractivity contribution in [1.82, 2.24) is 0 Å². The van der Waals surface area contributed by atoms with E-state index in [2.05, 4.69) is 73.1 Å². The van der Waals surface area contributed by atoms with Crippen molar-refractivity contribution in [2.75, 3.05) is 0 Å². The molecule has 0 spiro atoms. The van der Waals surface area contributed by atoms with E-state index in [9.17, 15) is 0 Å². The predicted molar refractivity (Wildman–Crippen MR) is 121 cm³/mol. The number of nitrogens with zero attached hydrogens (tertiary/aromatic N) is 1. The van der Waals surface area contributed by atoms with Crippen LogP contribution in [0.15, 0.2) is 78.0 Å². The summed E-state index contributed by atoms with van der Waals surface area (Å²) < 4.78 is 0. The summed E-state index contributed by atoms with van der Waals surface area (Å²) in [4.78, 5) is 4.53. The number of fused-ring (bicyclic) bond motifs is 2. The van der Waals surface area contributed by atoms with Gasteiger partial charge in [0.15, 0.2) is 0 Å². The molecule has 0 heterocycles. The quantitative estimate of drug-likeness (QED) is 0.496. The third kappa shape index (κ3) is 3.54. The summed E-state index contributed by atoms with van der Waals surface area (Å²) in [7, 11) is 0. The van der Waals surface area contributed by atoms with E-state index in [1.807, 2.05) is 6.92 Å². The van der Waals surface area contributed by atoms with E-state index >= 15 is 0 Å². The fourth-order valence-corrected chi connectivity index (χ4v) is 4.83. The first kappa shape index (κ1) is 18.7. The second-order valence-electron chi connectivity index (χ2n) is 7.95. The highest BCUT2D eigenvalue weighted by molar-refractivity contribution is 6.03. The van der Waals surface area contributed by atoms with Crippen LogP contribution in [0.3, 0.4) is 0 Å². The van der Waals surface area contributed by atoms with Crippen molar-refractivity contribution in [1.29, 1.82) is 0 Å². The Labute approximate surface area is 169 Å². The van der Waals surface area contributed by atoms with Gasteiger partial charge in [-0.15, -0.1) is 0 Å². The van der Waals surface area contributed by atoms with Gasteiger partial charge in [0, 0.05) is 24.3 Å². The highest BCUT2D eigenvalue weighted by Gasteiger charge is 2.31. The molecule has 0 aliphatic heterocycles. The van der Waals surface area contributed by atoms with Crippen LogP contribution in [0.5, 0.6) is 0 Å². The molecule has 0 saturated heterocycles. The van der Waals surface area contributed by atoms with Crippen LogP contribution in [0, 0.1) is 0 Å². The van der Waals surface area contributed by atoms with Gasteiger partial charge in [-0.1, -0.05) is 60.7 Å². The second-order valence-corrected chi connectivity index (χ2v) is 7.95. The van der Waals surface area contributed by atoms with Gasteiger partial charge in [-0.2, -0.15) is 0 Å². The van der Waals surface area contributed by atoms with Gasteiger partial charge in [0.25, 0.3) is 0 Å². The lowest BCUT2D eigenvalue weighted by molar-refractivity contribution is 0.801. The van der Waals surface area contributed by atoms with Crippen molar-refractivity contribution in [3.05, 3.63) is 101 Å². The van der Waals surface area contributed by atoms with Crippen molar-refractivity contribution in [3.63, 3.8) is 0 Å². The van der Waals surface area contributed by atoms with Gasteiger partial charge in [0.05, 0.1) is 0 Å². The molecule has 0 saturated carbocycles. The maximum atomic E-state index is 4.53. The summed E-state index contributed by atoms with van der Waals surface area (Å²) in [5, 5.41) is 0. The Kier molecular flexibility index (Phi) is 5.43. The largest absolute Gasteiger partial charge is 0.262 e. The topological polar surface area (TPSA) is 12.4 Å². The predicted octanol–water partition coefficient (Wildman–Crippen LogP) is 6.84. The summed E-state index contributed by atoms with van der Waals surface area (Å²) in [5.74, 6) is 0.467. The van der Waals surface area contributed by atoms with Gasteiger partial charge >= 0.3 is 0 Å². The number of hydrogen-bond donors (Lipinski definition) is 0. The number of rotatable bonds is 6. The molecule has 2 aliphatic rings. The molecule has 0 aromatic heterocycles. The number of aryl methyl sites for hydroxylation is 2. The van der Waals surface area contributed by atoms with Gasteiger partial charge in [-0.3, -0.25) is 4.99 Å². The fraction of sp³-hybridized carbons (Fsp3) is 0.296. The van der Waals surface area contributed by atoms with Crippen LogP contribution in [0.25, 0.3) is 5.57 Å². The molecule has 4 rings (SSSR count). The first-order valence-corrected chi connectivity index (χ1v) is 10.4. The van der Waals surface area contributed by atoms with E-state index in [1.165, 1.54) is 47.1 Å². The summed E-state index contributed by atoms with van der Waals surface area (Å²) in [6, 6.07) is 15.9. The molecular formula is C27H29N. The lowest BCUT2D eigenvalue weighted by atomic mass is 9.88. The highest BCUT2D eigenvalue weighted by atomic mass is 14.7. The highest BCUT2D eigenvalue weighted by Crippen LogP contribution is 2.47. The molecule has 0 radical (unpaired) electrons. The first-order valence-electron chi connectivity index (χ1n) is 10.4. The first-order chi connectivity index (χ1) is 13.7. The SMILES string of the molecule is C=CN=C(/C=C\C)CC1=C(C)C(Cc2ccccc2)c2cc3c(cc21)CCC3. The smallest absolute Gasteiger partial charge is 0.0444 e. The maximum Gasteiger partial charge on any atom is 0.0444 e. The molecule has 142 valence electrons. The zero-order chi connectivity index (χ0) is 19.5. The minimum absolute atomic E-state index is 0.467. The molecule has 1 unspecified atom stereocenters. The zero-order valence-corrected chi connectivity index (χ0v) is 17.0. The second kappa shape index (κ2) is 8.14. The van der Waals surface area contributed by atoms with Crippen LogP contribution < -0.4 is 0 Å². The molecule has 0 bridgehead atoms. The lowest BCUT2D eigenvalue weighted by Crippen LogP contribution is -2.02. The zero-order valence-electron chi connectivity index (χ0n) is 17.0. The van der Waals surface area contributed by atoms with E-state index < -0.39 is 0 Å². The van der Waals surface area contributed by atoms with Crippen LogP contribution in [0.1, 0.15) is 60.4 Å². The van der Waals surface area contributed by atoms with Crippen LogP contribution >= 0.6 is 0 Å². The molecule has 0 N–H and O–H groups in total. The normalized spacial score (nSPS) is 18.6. The van der Waals surface area contributed by atoms with Crippen molar-refractivity contribution in [2.45, 2.75) is 51.9 Å². The van der Waals surface area contributed by atoms with Gasteiger partial charge < -0.3 is 0 Å². The van der Waals surface area contributed by atoms with Crippen LogP contribution in [-0.2, 0) is 19.3 Å². The van der Waals surface area contributed by atoms with Crippen LogP contribution in [0.2, 0.25) is 0 Å². The standard InChI is InChI=1S/C27H29N/c1-4-10-23(28-5-2)18-25-19(3)24(15-20-11-7-6-8-12-20)26-16-21-13-9-14-22(21)17-27(25)26/h4-8,10-12,16-17,24H,2,9,13-15,18H2,1,3H3/b10-4-,28-23?. The van der Waals surface area contributed by atoms with Crippen molar-refractivity contribution in [2.24, 2.45) is 4.99 Å². The lowest BCUT2D eigenvalue weighted by Gasteiger charge is -2.16. The molecular weight excluding hydrogens is 338 g/mol. The third-order valence-electron chi connectivity index (χ3n) is 6.22. The Morgan fingerprint density at radius 2 is 1.89 bits per heavy atom. The van der Waals surface area contributed by atoms with Gasteiger partial charge in [0.1, 0.15) is 0 Å². The van der Waals surface area contributed by atoms with Crippen molar-refractivity contribution < 1.29 is 0 Å². The number of allylic oxidation sites excluding steroid dienone is 4. The molecule has 1 heteroatoms. The Morgan fingerprint density at radius 3 is 2.61 bits per heavy atom. The maximum absolute atomic E-state index is 4.53. The Hall–Kier alpha value is -2.67. The minimum atomic E-state index is 0.467. The van der Waals surface area contributed by atoms with Gasteiger partial charge in [-0.25, -0.2) is 0 Å². The number of hydrogen-bond acceptors (Lipinski definition) is 1. The van der Waals surface area contributed by atoms with Crippen molar-refractivity contribution >= 4 is 11.3 Å². The van der Waals surface area contributed by atoms with Gasteiger partial charge in [0.2, 0.25) is 0 Å². The molecule has 28 heavy (non-hydrogen) atoms. The number of benzene rings is 2. The molecule has 2 aliphatic carbocycles. The minimum Gasteiger partial charge on any atom is -0.262 e. The Balaban J connectivity index is 1.78. The monoisotopic (exact) mass is 367 g/mol. The molecule has 0 fully saturated rings. The summed E-state index contributed by atoms with van der Waals surface area (Å²) in [6.45, 7) is 8.18. The van der Waals surface area contributed by atoms with E-state index in [0.29, 0.717) is 5.92 Å². The molecule has 0 amide bonds. The van der Waals surface area contributed by atoms with E-state index in [-0.39, 0.29) is 0 Å². The van der Waals surface area contributed by atoms with Crippen LogP contribution in [0.4, 0.5) is 0 Å². The molecule has 2 aromatic rings. The van der Waals surface area contributed by atoms with E-state index in [0.717, 1.165) is 18.6 Å². The summed E-state index contributed by atoms with van der Waals surface area (Å²) in [6.07, 6.45) is 11.5.